The van der Waals surface area contributed by atoms with E-state index in [1.54, 1.807) is 14.2 Å². The normalized spacial score (nSPS) is 12.3. The van der Waals surface area contributed by atoms with Gasteiger partial charge in [-0.05, 0) is 59.9 Å². The number of benzene rings is 1. The SMILES string of the molecule is COc1cc(CNCCCC(C)O)cc(Br)c1OC. The first-order valence-corrected chi connectivity index (χ1v) is 7.17. The molecule has 1 unspecified atom stereocenters. The Morgan fingerprint density at radius 1 is 1.32 bits per heavy atom. The summed E-state index contributed by atoms with van der Waals surface area (Å²) in [6, 6.07) is 3.98. The summed E-state index contributed by atoms with van der Waals surface area (Å²) in [7, 11) is 3.25. The Morgan fingerprint density at radius 2 is 2.05 bits per heavy atom. The van der Waals surface area contributed by atoms with Crippen molar-refractivity contribution in [2.24, 2.45) is 0 Å². The Balaban J connectivity index is 2.52. The van der Waals surface area contributed by atoms with Gasteiger partial charge in [0.2, 0.25) is 0 Å². The molecule has 0 saturated carbocycles. The van der Waals surface area contributed by atoms with Gasteiger partial charge in [0.25, 0.3) is 0 Å². The number of hydrogen-bond donors (Lipinski definition) is 2. The Bertz CT molecular complexity index is 397. The number of aliphatic hydroxyl groups excluding tert-OH is 1. The van der Waals surface area contributed by atoms with Gasteiger partial charge in [-0.15, -0.1) is 0 Å². The average Bonchev–Trinajstić information content (AvgIpc) is 2.37. The van der Waals surface area contributed by atoms with Crippen molar-refractivity contribution in [3.8, 4) is 11.5 Å². The van der Waals surface area contributed by atoms with Gasteiger partial charge in [0.1, 0.15) is 0 Å². The topological polar surface area (TPSA) is 50.7 Å². The second kappa shape index (κ2) is 8.40. The van der Waals surface area contributed by atoms with E-state index in [9.17, 15) is 0 Å². The first kappa shape index (κ1) is 16.3. The Labute approximate surface area is 123 Å². The molecule has 0 radical (unpaired) electrons. The maximum Gasteiger partial charge on any atom is 0.174 e. The number of ether oxygens (including phenoxy) is 2. The van der Waals surface area contributed by atoms with Gasteiger partial charge in [0.05, 0.1) is 24.8 Å². The van der Waals surface area contributed by atoms with E-state index in [4.69, 9.17) is 14.6 Å². The van der Waals surface area contributed by atoms with Crippen LogP contribution < -0.4 is 14.8 Å². The zero-order valence-corrected chi connectivity index (χ0v) is 13.3. The lowest BCUT2D eigenvalue weighted by molar-refractivity contribution is 0.181. The predicted octanol–water partition coefficient (Wildman–Crippen LogP) is 2.72. The lowest BCUT2D eigenvalue weighted by atomic mass is 10.2. The second-order valence-electron chi connectivity index (χ2n) is 4.48. The minimum absolute atomic E-state index is 0.225. The van der Waals surface area contributed by atoms with E-state index in [2.05, 4.69) is 21.2 Å². The number of hydrogen-bond acceptors (Lipinski definition) is 4. The molecule has 0 heterocycles. The highest BCUT2D eigenvalue weighted by atomic mass is 79.9. The van der Waals surface area contributed by atoms with Crippen LogP contribution in [0.5, 0.6) is 11.5 Å². The largest absolute Gasteiger partial charge is 0.493 e. The molecule has 0 aliphatic rings. The van der Waals surface area contributed by atoms with Crippen molar-refractivity contribution in [3.05, 3.63) is 22.2 Å². The van der Waals surface area contributed by atoms with Crippen LogP contribution in [-0.4, -0.2) is 32.0 Å². The summed E-state index contributed by atoms with van der Waals surface area (Å²) in [6.07, 6.45) is 1.56. The van der Waals surface area contributed by atoms with E-state index in [0.29, 0.717) is 5.75 Å². The molecule has 19 heavy (non-hydrogen) atoms. The third-order valence-corrected chi connectivity index (χ3v) is 3.39. The van der Waals surface area contributed by atoms with Gasteiger partial charge >= 0.3 is 0 Å². The molecule has 0 fully saturated rings. The minimum Gasteiger partial charge on any atom is -0.493 e. The number of rotatable bonds is 8. The number of methoxy groups -OCH3 is 2. The van der Waals surface area contributed by atoms with E-state index in [0.717, 1.165) is 41.7 Å². The Hall–Kier alpha value is -0.780. The minimum atomic E-state index is -0.225. The highest BCUT2D eigenvalue weighted by molar-refractivity contribution is 9.10. The maximum atomic E-state index is 9.17. The number of nitrogens with one attached hydrogen (secondary N) is 1. The van der Waals surface area contributed by atoms with Crippen LogP contribution in [0.2, 0.25) is 0 Å². The highest BCUT2D eigenvalue weighted by Crippen LogP contribution is 2.36. The maximum absolute atomic E-state index is 9.17. The molecule has 1 atom stereocenters. The second-order valence-corrected chi connectivity index (χ2v) is 5.34. The molecule has 5 heteroatoms. The zero-order valence-electron chi connectivity index (χ0n) is 11.7. The third kappa shape index (κ3) is 5.38. The Morgan fingerprint density at radius 3 is 2.63 bits per heavy atom. The molecule has 1 aromatic rings. The van der Waals surface area contributed by atoms with E-state index in [1.807, 2.05) is 19.1 Å². The van der Waals surface area contributed by atoms with Crippen molar-refractivity contribution < 1.29 is 14.6 Å². The van der Waals surface area contributed by atoms with E-state index in [-0.39, 0.29) is 6.10 Å². The molecule has 2 N–H and O–H groups in total. The summed E-state index contributed by atoms with van der Waals surface area (Å²) < 4.78 is 11.5. The van der Waals surface area contributed by atoms with E-state index < -0.39 is 0 Å². The van der Waals surface area contributed by atoms with E-state index >= 15 is 0 Å². The summed E-state index contributed by atoms with van der Waals surface area (Å²) in [5, 5.41) is 12.5. The first-order chi connectivity index (χ1) is 9.08. The van der Waals surface area contributed by atoms with Crippen LogP contribution in [0.25, 0.3) is 0 Å². The molecule has 0 aromatic heterocycles. The molecule has 0 amide bonds. The van der Waals surface area contributed by atoms with Crippen molar-refractivity contribution in [1.82, 2.24) is 5.32 Å². The molecule has 4 nitrogen and oxygen atoms in total. The zero-order chi connectivity index (χ0) is 14.3. The molecule has 0 saturated heterocycles. The van der Waals surface area contributed by atoms with Crippen molar-refractivity contribution in [1.29, 1.82) is 0 Å². The van der Waals surface area contributed by atoms with E-state index in [1.165, 1.54) is 0 Å². The summed E-state index contributed by atoms with van der Waals surface area (Å²) in [4.78, 5) is 0. The van der Waals surface area contributed by atoms with Crippen LogP contribution in [-0.2, 0) is 6.54 Å². The molecule has 0 bridgehead atoms. The molecular formula is C14H22BrNO3. The van der Waals surface area contributed by atoms with Gasteiger partial charge in [0.15, 0.2) is 11.5 Å². The molecular weight excluding hydrogens is 310 g/mol. The van der Waals surface area contributed by atoms with Crippen LogP contribution in [0.15, 0.2) is 16.6 Å². The van der Waals surface area contributed by atoms with Crippen LogP contribution in [0, 0.1) is 0 Å². The summed E-state index contributed by atoms with van der Waals surface area (Å²) in [5.41, 5.74) is 1.13. The van der Waals surface area contributed by atoms with Gasteiger partial charge < -0.3 is 19.9 Å². The molecule has 1 aromatic carbocycles. The van der Waals surface area contributed by atoms with Gasteiger partial charge in [0, 0.05) is 6.54 Å². The lowest BCUT2D eigenvalue weighted by Gasteiger charge is -2.12. The van der Waals surface area contributed by atoms with Crippen LogP contribution in [0.1, 0.15) is 25.3 Å². The number of halogens is 1. The standard InChI is InChI=1S/C14H22BrNO3/c1-10(17)5-4-6-16-9-11-7-12(15)14(19-3)13(8-11)18-2/h7-8,10,16-17H,4-6,9H2,1-3H3. The highest BCUT2D eigenvalue weighted by Gasteiger charge is 2.10. The van der Waals surface area contributed by atoms with Crippen LogP contribution in [0.3, 0.4) is 0 Å². The summed E-state index contributed by atoms with van der Waals surface area (Å²) in [6.45, 7) is 3.46. The first-order valence-electron chi connectivity index (χ1n) is 6.37. The van der Waals surface area contributed by atoms with Crippen molar-refractivity contribution in [2.75, 3.05) is 20.8 Å². The summed E-state index contributed by atoms with van der Waals surface area (Å²) >= 11 is 3.47. The molecule has 0 spiro atoms. The Kier molecular flexibility index (Phi) is 7.20. The van der Waals surface area contributed by atoms with Crippen molar-refractivity contribution in [3.63, 3.8) is 0 Å². The van der Waals surface area contributed by atoms with Gasteiger partial charge in [-0.2, -0.15) is 0 Å². The van der Waals surface area contributed by atoms with Crippen molar-refractivity contribution in [2.45, 2.75) is 32.4 Å². The quantitative estimate of drug-likeness (QED) is 0.719. The van der Waals surface area contributed by atoms with Gasteiger partial charge in [-0.3, -0.25) is 0 Å². The van der Waals surface area contributed by atoms with Crippen LogP contribution >= 0.6 is 15.9 Å². The predicted molar refractivity (Wildman–Crippen MR) is 79.9 cm³/mol. The monoisotopic (exact) mass is 331 g/mol. The molecule has 0 aliphatic carbocycles. The summed E-state index contributed by atoms with van der Waals surface area (Å²) in [5.74, 6) is 1.43. The van der Waals surface area contributed by atoms with Crippen LogP contribution in [0.4, 0.5) is 0 Å². The van der Waals surface area contributed by atoms with Gasteiger partial charge in [-0.1, -0.05) is 0 Å². The molecule has 108 valence electrons. The fourth-order valence-electron chi connectivity index (χ4n) is 1.83. The average molecular weight is 332 g/mol. The fourth-order valence-corrected chi connectivity index (χ4v) is 2.48. The van der Waals surface area contributed by atoms with Crippen molar-refractivity contribution >= 4 is 15.9 Å². The third-order valence-electron chi connectivity index (χ3n) is 2.80. The molecule has 0 aliphatic heterocycles. The molecule has 1 rings (SSSR count). The number of aliphatic hydroxyl groups is 1. The smallest absolute Gasteiger partial charge is 0.174 e. The fraction of sp³-hybridized carbons (Fsp3) is 0.571. The lowest BCUT2D eigenvalue weighted by Crippen LogP contribution is -2.16. The van der Waals surface area contributed by atoms with Gasteiger partial charge in [-0.25, -0.2) is 0 Å².